The molecule has 0 atom stereocenters. The van der Waals surface area contributed by atoms with Gasteiger partial charge in [0, 0.05) is 12.6 Å². The number of nitrogens with one attached hydrogen (secondary N) is 1. The van der Waals surface area contributed by atoms with Crippen LogP contribution in [0.15, 0.2) is 0 Å². The third kappa shape index (κ3) is 1.35. The molecule has 0 saturated carbocycles. The Morgan fingerprint density at radius 1 is 1.38 bits per heavy atom. The zero-order chi connectivity index (χ0) is 9.47. The number of piperidine rings is 1. The van der Waals surface area contributed by atoms with Gasteiger partial charge in [0.2, 0.25) is 5.91 Å². The fourth-order valence-electron chi connectivity index (χ4n) is 2.28. The minimum Gasteiger partial charge on any atom is -0.354 e. The molecule has 0 aliphatic carbocycles. The maximum Gasteiger partial charge on any atom is 0.228 e. The molecule has 0 aromatic carbocycles. The maximum atomic E-state index is 11.4. The Balaban J connectivity index is 1.93. The number of carbonyl (C=O) groups excluding carboxylic acids is 1. The van der Waals surface area contributed by atoms with Crippen LogP contribution in [0.5, 0.6) is 0 Å². The Labute approximate surface area is 79.5 Å². The van der Waals surface area contributed by atoms with Gasteiger partial charge in [-0.05, 0) is 39.8 Å². The van der Waals surface area contributed by atoms with Crippen molar-refractivity contribution in [2.45, 2.75) is 32.7 Å². The van der Waals surface area contributed by atoms with E-state index < -0.39 is 0 Å². The van der Waals surface area contributed by atoms with Gasteiger partial charge in [0.15, 0.2) is 0 Å². The first kappa shape index (κ1) is 9.00. The van der Waals surface area contributed by atoms with Crippen molar-refractivity contribution in [1.82, 2.24) is 10.2 Å². The van der Waals surface area contributed by atoms with Crippen molar-refractivity contribution < 1.29 is 4.79 Å². The van der Waals surface area contributed by atoms with Crippen LogP contribution in [0.2, 0.25) is 0 Å². The van der Waals surface area contributed by atoms with Gasteiger partial charge in [0.25, 0.3) is 0 Å². The third-order valence-corrected chi connectivity index (χ3v) is 3.55. The van der Waals surface area contributed by atoms with Gasteiger partial charge in [0.1, 0.15) is 0 Å². The van der Waals surface area contributed by atoms with Crippen molar-refractivity contribution in [1.29, 1.82) is 0 Å². The minimum absolute atomic E-state index is 0.0331. The second-order valence-corrected chi connectivity index (χ2v) is 4.59. The van der Waals surface area contributed by atoms with E-state index in [1.807, 2.05) is 0 Å². The molecule has 2 aliphatic rings. The van der Waals surface area contributed by atoms with E-state index in [4.69, 9.17) is 0 Å². The standard InChI is InChI=1S/C10H18N2O/c1-8(2)12-5-3-10(4-6-12)7-11-9(10)13/h8H,3-7H2,1-2H3,(H,11,13). The molecule has 0 aromatic rings. The Morgan fingerprint density at radius 2 is 2.00 bits per heavy atom. The Kier molecular flexibility index (Phi) is 2.06. The number of rotatable bonds is 1. The highest BCUT2D eigenvalue weighted by Gasteiger charge is 2.47. The summed E-state index contributed by atoms with van der Waals surface area (Å²) < 4.78 is 0. The predicted octanol–water partition coefficient (Wildman–Crippen LogP) is 0.607. The molecule has 0 aromatic heterocycles. The van der Waals surface area contributed by atoms with Crippen molar-refractivity contribution in [2.24, 2.45) is 5.41 Å². The maximum absolute atomic E-state index is 11.4. The molecule has 13 heavy (non-hydrogen) atoms. The fourth-order valence-corrected chi connectivity index (χ4v) is 2.28. The second kappa shape index (κ2) is 2.98. The molecule has 3 heteroatoms. The minimum atomic E-state index is 0.0331. The summed E-state index contributed by atoms with van der Waals surface area (Å²) in [7, 11) is 0. The van der Waals surface area contributed by atoms with Crippen molar-refractivity contribution in [3.63, 3.8) is 0 Å². The van der Waals surface area contributed by atoms with E-state index >= 15 is 0 Å². The Hall–Kier alpha value is -0.570. The molecule has 74 valence electrons. The first-order valence-corrected chi connectivity index (χ1v) is 5.16. The SMILES string of the molecule is CC(C)N1CCC2(CC1)CNC2=O. The largest absolute Gasteiger partial charge is 0.354 e. The average molecular weight is 182 g/mol. The molecule has 1 N–H and O–H groups in total. The summed E-state index contributed by atoms with van der Waals surface area (Å²) in [5.41, 5.74) is 0.0331. The molecule has 2 heterocycles. The highest BCUT2D eigenvalue weighted by molar-refractivity contribution is 5.88. The highest BCUT2D eigenvalue weighted by Crippen LogP contribution is 2.36. The fraction of sp³-hybridized carbons (Fsp3) is 0.900. The van der Waals surface area contributed by atoms with E-state index in [1.54, 1.807) is 0 Å². The molecule has 0 unspecified atom stereocenters. The average Bonchev–Trinajstić information content (AvgIpc) is 2.15. The first-order valence-electron chi connectivity index (χ1n) is 5.16. The molecule has 1 spiro atoms. The number of β-lactam (4-membered cyclic amide) rings is 1. The molecule has 2 aliphatic heterocycles. The quantitative estimate of drug-likeness (QED) is 0.602. The van der Waals surface area contributed by atoms with E-state index in [0.717, 1.165) is 32.5 Å². The van der Waals surface area contributed by atoms with E-state index in [2.05, 4.69) is 24.1 Å². The lowest BCUT2D eigenvalue weighted by atomic mass is 9.72. The van der Waals surface area contributed by atoms with E-state index in [-0.39, 0.29) is 11.3 Å². The summed E-state index contributed by atoms with van der Waals surface area (Å²) in [6.45, 7) is 7.53. The summed E-state index contributed by atoms with van der Waals surface area (Å²) >= 11 is 0. The summed E-state index contributed by atoms with van der Waals surface area (Å²) in [5, 5.41) is 2.86. The van der Waals surface area contributed by atoms with Crippen LogP contribution >= 0.6 is 0 Å². The van der Waals surface area contributed by atoms with E-state index in [9.17, 15) is 4.79 Å². The zero-order valence-electron chi connectivity index (χ0n) is 8.47. The zero-order valence-corrected chi connectivity index (χ0v) is 8.47. The van der Waals surface area contributed by atoms with Crippen LogP contribution < -0.4 is 5.32 Å². The van der Waals surface area contributed by atoms with Crippen molar-refractivity contribution in [3.05, 3.63) is 0 Å². The van der Waals surface area contributed by atoms with Crippen LogP contribution in [0.3, 0.4) is 0 Å². The highest BCUT2D eigenvalue weighted by atomic mass is 16.2. The molecule has 2 saturated heterocycles. The summed E-state index contributed by atoms with van der Waals surface area (Å²) in [6, 6.07) is 0.625. The molecule has 0 bridgehead atoms. The number of carbonyl (C=O) groups is 1. The molecule has 2 rings (SSSR count). The number of likely N-dealkylation sites (tertiary alicyclic amines) is 1. The van der Waals surface area contributed by atoms with Gasteiger partial charge in [0.05, 0.1) is 5.41 Å². The smallest absolute Gasteiger partial charge is 0.228 e. The summed E-state index contributed by atoms with van der Waals surface area (Å²) in [4.78, 5) is 13.8. The molecule has 0 radical (unpaired) electrons. The summed E-state index contributed by atoms with van der Waals surface area (Å²) in [5.74, 6) is 0.288. The lowest BCUT2D eigenvalue weighted by Gasteiger charge is -2.47. The number of hydrogen-bond donors (Lipinski definition) is 1. The van der Waals surface area contributed by atoms with Crippen LogP contribution in [0.25, 0.3) is 0 Å². The first-order chi connectivity index (χ1) is 6.14. The second-order valence-electron chi connectivity index (χ2n) is 4.59. The van der Waals surface area contributed by atoms with Gasteiger partial charge in [-0.2, -0.15) is 0 Å². The van der Waals surface area contributed by atoms with Crippen LogP contribution in [-0.4, -0.2) is 36.5 Å². The van der Waals surface area contributed by atoms with Gasteiger partial charge in [-0.3, -0.25) is 4.79 Å². The van der Waals surface area contributed by atoms with Gasteiger partial charge < -0.3 is 10.2 Å². The Bertz CT molecular complexity index is 217. The van der Waals surface area contributed by atoms with Crippen LogP contribution in [0.1, 0.15) is 26.7 Å². The lowest BCUT2D eigenvalue weighted by molar-refractivity contribution is -0.144. The number of nitrogens with zero attached hydrogens (tertiary/aromatic N) is 1. The van der Waals surface area contributed by atoms with Crippen LogP contribution in [0, 0.1) is 5.41 Å². The predicted molar refractivity (Wildman–Crippen MR) is 51.4 cm³/mol. The van der Waals surface area contributed by atoms with Gasteiger partial charge in [-0.15, -0.1) is 0 Å². The van der Waals surface area contributed by atoms with Gasteiger partial charge in [-0.25, -0.2) is 0 Å². The Morgan fingerprint density at radius 3 is 2.31 bits per heavy atom. The van der Waals surface area contributed by atoms with Crippen molar-refractivity contribution in [2.75, 3.05) is 19.6 Å². The summed E-state index contributed by atoms with van der Waals surface area (Å²) in [6.07, 6.45) is 2.11. The van der Waals surface area contributed by atoms with Crippen molar-refractivity contribution >= 4 is 5.91 Å². The van der Waals surface area contributed by atoms with Crippen molar-refractivity contribution in [3.8, 4) is 0 Å². The lowest BCUT2D eigenvalue weighted by Crippen LogP contribution is -2.63. The third-order valence-electron chi connectivity index (χ3n) is 3.55. The van der Waals surface area contributed by atoms with Gasteiger partial charge in [-0.1, -0.05) is 0 Å². The van der Waals surface area contributed by atoms with Crippen LogP contribution in [-0.2, 0) is 4.79 Å². The number of amides is 1. The topological polar surface area (TPSA) is 32.3 Å². The molecular weight excluding hydrogens is 164 g/mol. The molecule has 3 nitrogen and oxygen atoms in total. The normalized spacial score (nSPS) is 27.5. The van der Waals surface area contributed by atoms with E-state index in [1.165, 1.54) is 0 Å². The van der Waals surface area contributed by atoms with E-state index in [0.29, 0.717) is 6.04 Å². The number of hydrogen-bond acceptors (Lipinski definition) is 2. The van der Waals surface area contributed by atoms with Gasteiger partial charge >= 0.3 is 0 Å². The molecule has 1 amide bonds. The molecular formula is C10H18N2O. The van der Waals surface area contributed by atoms with Crippen LogP contribution in [0.4, 0.5) is 0 Å². The molecule has 2 fully saturated rings. The monoisotopic (exact) mass is 182 g/mol.